The molecule has 0 heterocycles. The van der Waals surface area contributed by atoms with Crippen LogP contribution in [0.4, 0.5) is 17.6 Å². The van der Waals surface area contributed by atoms with E-state index >= 15 is 0 Å². The van der Waals surface area contributed by atoms with Gasteiger partial charge in [0.2, 0.25) is 0 Å². The van der Waals surface area contributed by atoms with Crippen LogP contribution in [0.1, 0.15) is 49.3 Å². The van der Waals surface area contributed by atoms with E-state index in [1.807, 2.05) is 0 Å². The minimum Gasteiger partial charge on any atom is -0.324 e. The Morgan fingerprint density at radius 1 is 1.11 bits per heavy atom. The van der Waals surface area contributed by atoms with Gasteiger partial charge in [0.05, 0.1) is 5.56 Å². The number of alkyl halides is 3. The van der Waals surface area contributed by atoms with E-state index in [9.17, 15) is 17.6 Å². The first-order chi connectivity index (χ1) is 8.89. The summed E-state index contributed by atoms with van der Waals surface area (Å²) in [5, 5.41) is 0. The molecule has 5 heteroatoms. The third-order valence-corrected chi connectivity index (χ3v) is 3.84. The Kier molecular flexibility index (Phi) is 4.13. The second kappa shape index (κ2) is 5.49. The summed E-state index contributed by atoms with van der Waals surface area (Å²) >= 11 is 0. The molecule has 0 aliphatic heterocycles. The zero-order valence-corrected chi connectivity index (χ0v) is 10.5. The fraction of sp³-hybridized carbons (Fsp3) is 0.571. The van der Waals surface area contributed by atoms with Crippen LogP contribution in [0.2, 0.25) is 0 Å². The Hall–Kier alpha value is -1.10. The van der Waals surface area contributed by atoms with Gasteiger partial charge in [-0.2, -0.15) is 13.2 Å². The lowest BCUT2D eigenvalue weighted by Crippen LogP contribution is -2.24. The van der Waals surface area contributed by atoms with E-state index in [0.29, 0.717) is 5.56 Å². The lowest BCUT2D eigenvalue weighted by molar-refractivity contribution is -0.140. The predicted octanol–water partition coefficient (Wildman–Crippen LogP) is 4.42. The van der Waals surface area contributed by atoms with Crippen LogP contribution in [0.25, 0.3) is 0 Å². The van der Waals surface area contributed by atoms with Crippen LogP contribution in [0.15, 0.2) is 18.2 Å². The van der Waals surface area contributed by atoms with E-state index in [1.165, 1.54) is 12.5 Å². The van der Waals surface area contributed by atoms with Crippen LogP contribution in [0, 0.1) is 11.7 Å². The molecule has 0 aromatic heterocycles. The zero-order chi connectivity index (χ0) is 14.0. The lowest BCUT2D eigenvalue weighted by Gasteiger charge is -2.28. The molecule has 1 aromatic carbocycles. The highest BCUT2D eigenvalue weighted by atomic mass is 19.4. The van der Waals surface area contributed by atoms with Gasteiger partial charge in [0.1, 0.15) is 5.82 Å². The van der Waals surface area contributed by atoms with Crippen molar-refractivity contribution in [1.29, 1.82) is 0 Å². The largest absolute Gasteiger partial charge is 0.419 e. The molecular weight excluding hydrogens is 258 g/mol. The van der Waals surface area contributed by atoms with Crippen LogP contribution < -0.4 is 5.73 Å². The van der Waals surface area contributed by atoms with Crippen LogP contribution in [0.3, 0.4) is 0 Å². The molecule has 0 saturated heterocycles. The number of benzene rings is 1. The maximum absolute atomic E-state index is 13.5. The fourth-order valence-corrected chi connectivity index (χ4v) is 2.73. The van der Waals surface area contributed by atoms with Crippen LogP contribution >= 0.6 is 0 Å². The van der Waals surface area contributed by atoms with Crippen LogP contribution in [-0.2, 0) is 6.18 Å². The average molecular weight is 275 g/mol. The summed E-state index contributed by atoms with van der Waals surface area (Å²) in [7, 11) is 0. The van der Waals surface area contributed by atoms with Crippen molar-refractivity contribution in [2.24, 2.45) is 11.7 Å². The molecule has 106 valence electrons. The number of hydrogen-bond acceptors (Lipinski definition) is 1. The summed E-state index contributed by atoms with van der Waals surface area (Å²) in [4.78, 5) is 0. The van der Waals surface area contributed by atoms with Gasteiger partial charge in [-0.15, -0.1) is 0 Å². The Balaban J connectivity index is 2.19. The number of hydrogen-bond donors (Lipinski definition) is 1. The molecule has 1 nitrogen and oxygen atoms in total. The molecule has 0 bridgehead atoms. The molecule has 1 aliphatic carbocycles. The Morgan fingerprint density at radius 3 is 2.26 bits per heavy atom. The SMILES string of the molecule is N[C@@H](c1ccc(C(F)(F)F)c(F)c1)C1CCCCC1. The minimum atomic E-state index is -4.66. The van der Waals surface area contributed by atoms with E-state index in [2.05, 4.69) is 0 Å². The quantitative estimate of drug-likeness (QED) is 0.794. The van der Waals surface area contributed by atoms with E-state index in [1.54, 1.807) is 0 Å². The summed E-state index contributed by atoms with van der Waals surface area (Å²) in [6, 6.07) is 2.64. The maximum Gasteiger partial charge on any atom is 0.419 e. The maximum atomic E-state index is 13.5. The molecule has 1 atom stereocenters. The zero-order valence-electron chi connectivity index (χ0n) is 10.5. The van der Waals surface area contributed by atoms with Gasteiger partial charge in [0.25, 0.3) is 0 Å². The van der Waals surface area contributed by atoms with Crippen LogP contribution in [-0.4, -0.2) is 0 Å². The second-order valence-electron chi connectivity index (χ2n) is 5.16. The molecule has 1 fully saturated rings. The highest BCUT2D eigenvalue weighted by Gasteiger charge is 2.34. The highest BCUT2D eigenvalue weighted by molar-refractivity contribution is 5.28. The molecule has 0 unspecified atom stereocenters. The van der Waals surface area contributed by atoms with E-state index in [4.69, 9.17) is 5.73 Å². The number of nitrogens with two attached hydrogens (primary N) is 1. The van der Waals surface area contributed by atoms with Gasteiger partial charge in [0, 0.05) is 6.04 Å². The third-order valence-electron chi connectivity index (χ3n) is 3.84. The summed E-state index contributed by atoms with van der Waals surface area (Å²) in [6.45, 7) is 0. The molecule has 1 aromatic rings. The van der Waals surface area contributed by atoms with Crippen molar-refractivity contribution in [3.05, 3.63) is 35.1 Å². The molecule has 1 aliphatic rings. The van der Waals surface area contributed by atoms with Gasteiger partial charge >= 0.3 is 6.18 Å². The van der Waals surface area contributed by atoms with Crippen molar-refractivity contribution >= 4 is 0 Å². The van der Waals surface area contributed by atoms with Gasteiger partial charge < -0.3 is 5.73 Å². The molecule has 0 spiro atoms. The molecule has 0 amide bonds. The molecule has 2 N–H and O–H groups in total. The Labute approximate surface area is 109 Å². The summed E-state index contributed by atoms with van der Waals surface area (Å²) in [6.07, 6.45) is 0.610. The van der Waals surface area contributed by atoms with Crippen molar-refractivity contribution < 1.29 is 17.6 Å². The minimum absolute atomic E-state index is 0.241. The smallest absolute Gasteiger partial charge is 0.324 e. The van der Waals surface area contributed by atoms with Crippen molar-refractivity contribution in [1.82, 2.24) is 0 Å². The topological polar surface area (TPSA) is 26.0 Å². The molecule has 19 heavy (non-hydrogen) atoms. The van der Waals surface area contributed by atoms with Gasteiger partial charge in [0.15, 0.2) is 0 Å². The van der Waals surface area contributed by atoms with Gasteiger partial charge in [-0.05, 0) is 36.5 Å². The second-order valence-corrected chi connectivity index (χ2v) is 5.16. The normalized spacial score (nSPS) is 19.4. The van der Waals surface area contributed by atoms with Gasteiger partial charge in [-0.25, -0.2) is 4.39 Å². The van der Waals surface area contributed by atoms with Crippen molar-refractivity contribution in [3.63, 3.8) is 0 Å². The van der Waals surface area contributed by atoms with E-state index < -0.39 is 17.6 Å². The highest BCUT2D eigenvalue weighted by Crippen LogP contribution is 2.36. The molecule has 2 rings (SSSR count). The van der Waals surface area contributed by atoms with Crippen LogP contribution in [0.5, 0.6) is 0 Å². The monoisotopic (exact) mass is 275 g/mol. The lowest BCUT2D eigenvalue weighted by atomic mass is 9.81. The predicted molar refractivity (Wildman–Crippen MR) is 64.9 cm³/mol. The first-order valence-corrected chi connectivity index (χ1v) is 6.52. The van der Waals surface area contributed by atoms with E-state index in [-0.39, 0.29) is 12.0 Å². The summed E-state index contributed by atoms with van der Waals surface area (Å²) < 4.78 is 50.9. The fourth-order valence-electron chi connectivity index (χ4n) is 2.73. The third kappa shape index (κ3) is 3.26. The Morgan fingerprint density at radius 2 is 1.74 bits per heavy atom. The first kappa shape index (κ1) is 14.3. The first-order valence-electron chi connectivity index (χ1n) is 6.52. The van der Waals surface area contributed by atoms with Crippen molar-refractivity contribution in [2.45, 2.75) is 44.3 Å². The van der Waals surface area contributed by atoms with E-state index in [0.717, 1.165) is 37.8 Å². The Bertz CT molecular complexity index is 436. The van der Waals surface area contributed by atoms with Gasteiger partial charge in [-0.3, -0.25) is 0 Å². The average Bonchev–Trinajstić information content (AvgIpc) is 2.37. The number of rotatable bonds is 2. The molecular formula is C14H17F4N. The summed E-state index contributed by atoms with van der Waals surface area (Å²) in [5.41, 5.74) is 5.28. The molecule has 1 saturated carbocycles. The van der Waals surface area contributed by atoms with Crippen molar-refractivity contribution in [3.8, 4) is 0 Å². The van der Waals surface area contributed by atoms with Crippen molar-refractivity contribution in [2.75, 3.05) is 0 Å². The number of halogens is 4. The molecule has 0 radical (unpaired) electrons. The standard InChI is InChI=1S/C14H17F4N/c15-12-8-10(6-7-11(12)14(16,17)18)13(19)9-4-2-1-3-5-9/h6-9,13H,1-5,19H2/t13-/m1/s1. The summed E-state index contributed by atoms with van der Waals surface area (Å²) in [5.74, 6) is -0.999. The van der Waals surface area contributed by atoms with Gasteiger partial charge in [-0.1, -0.05) is 25.3 Å².